The van der Waals surface area contributed by atoms with Crippen LogP contribution in [0.3, 0.4) is 0 Å². The van der Waals surface area contributed by atoms with Crippen LogP contribution in [0.4, 0.5) is 0 Å². The Morgan fingerprint density at radius 2 is 0.450 bits per heavy atom. The van der Waals surface area contributed by atoms with Crippen molar-refractivity contribution in [3.8, 4) is 0 Å². The highest BCUT2D eigenvalue weighted by Gasteiger charge is 2.23. The van der Waals surface area contributed by atoms with Crippen LogP contribution >= 0.6 is 0 Å². The summed E-state index contributed by atoms with van der Waals surface area (Å²) < 4.78 is 42.1. The molecule has 0 atom stereocenters. The molecule has 0 amide bonds. The summed E-state index contributed by atoms with van der Waals surface area (Å²) in [6.07, 6.45) is 0. The Labute approximate surface area is 636 Å². The minimum atomic E-state index is 0.973. The second-order valence-electron chi connectivity index (χ2n) is 30.3. The van der Waals surface area contributed by atoms with Gasteiger partial charge in [0, 0.05) is 166 Å². The van der Waals surface area contributed by atoms with Gasteiger partial charge >= 0.3 is 0 Å². The van der Waals surface area contributed by atoms with E-state index in [-0.39, 0.29) is 0 Å². The van der Waals surface area contributed by atoms with E-state index in [1.54, 1.807) is 0 Å². The van der Waals surface area contributed by atoms with Gasteiger partial charge in [-0.15, -0.1) is 0 Å². The van der Waals surface area contributed by atoms with E-state index in [1.807, 2.05) is 47.1 Å². The van der Waals surface area contributed by atoms with Crippen molar-refractivity contribution < 1.29 is 13.3 Å². The summed E-state index contributed by atoms with van der Waals surface area (Å²) in [4.78, 5) is 0. The van der Waals surface area contributed by atoms with Crippen LogP contribution in [0, 0.1) is 96.9 Å². The first kappa shape index (κ1) is 72.7. The quantitative estimate of drug-likeness (QED) is 0.151. The van der Waals surface area contributed by atoms with E-state index in [0.717, 1.165) is 34.2 Å². The summed E-state index contributed by atoms with van der Waals surface area (Å²) in [6.45, 7) is 30.1. The van der Waals surface area contributed by atoms with Crippen molar-refractivity contribution >= 4 is 154 Å². The Balaban J connectivity index is 0.000000101. The normalized spacial score (nSPS) is 11.7. The number of furan rings is 3. The molecule has 0 aliphatic rings. The third-order valence-electron chi connectivity index (χ3n) is 25.0. The van der Waals surface area contributed by atoms with Crippen LogP contribution in [-0.2, 0) is 77.5 Å². The summed E-state index contributed by atoms with van der Waals surface area (Å²) in [7, 11) is 23.3. The van der Waals surface area contributed by atoms with Crippen molar-refractivity contribution in [1.82, 2.24) is 50.2 Å². The van der Waals surface area contributed by atoms with Gasteiger partial charge in [-0.3, -0.25) is 0 Å². The number of nitrogens with zero attached hydrogens (tertiary/aromatic N) is 11. The van der Waals surface area contributed by atoms with Crippen molar-refractivity contribution in [2.75, 3.05) is 0 Å². The van der Waals surface area contributed by atoms with Gasteiger partial charge in [-0.25, -0.2) is 0 Å². The minimum Gasteiger partial charge on any atom is -0.445 e. The molecule has 7 aromatic carbocycles. The highest BCUT2D eigenvalue weighted by atomic mass is 16.4. The SMILES string of the molecule is Cc1c(C)n(C)c2c1c1ccccc1n2C.Cc1c(C)n(C)c2c1c1ccccc1n2C.Cc1c(C)n(C)c2c3ccccc3n(C)c12.Cc1c(C)n(C)c2c3ccccc3n(C)c12.Cc1c(C)n(C)c2oc3ccccc3c12.Cc1oc2c(c1C)c1ccccc1n2C.Cc1oc2c(c1C)c1ccccc1n2C. The number of benzene rings is 7. The Kier molecular flexibility index (Phi) is 18.3. The van der Waals surface area contributed by atoms with Crippen LogP contribution < -0.4 is 0 Å². The molecule has 0 bridgehead atoms. The van der Waals surface area contributed by atoms with Crippen LogP contribution in [-0.4, -0.2) is 50.2 Å². The topological polar surface area (TPSA) is 93.7 Å². The number of aryl methyl sites for hydroxylation is 20. The molecular formula is C95H103N11O3. The molecule has 109 heavy (non-hydrogen) atoms. The van der Waals surface area contributed by atoms with E-state index < -0.39 is 0 Å². The minimum absolute atomic E-state index is 0.973. The van der Waals surface area contributed by atoms with Crippen LogP contribution in [0.25, 0.3) is 154 Å². The van der Waals surface area contributed by atoms with Crippen molar-refractivity contribution in [3.63, 3.8) is 0 Å². The molecule has 21 aromatic rings. The van der Waals surface area contributed by atoms with E-state index in [2.05, 4.69) is 347 Å². The number of hydrogen-bond donors (Lipinski definition) is 0. The van der Waals surface area contributed by atoms with Gasteiger partial charge in [0.2, 0.25) is 17.1 Å². The fraction of sp³-hybridized carbons (Fsp3) is 0.263. The Bertz CT molecular complexity index is 6550. The molecular weight excluding hydrogens is 1340 g/mol. The zero-order valence-corrected chi connectivity index (χ0v) is 68.3. The standard InChI is InChI=1S/4C14H16N2.3C13H13NO/c2*1-9-10(2)15(3)14-11-7-5-6-8-12(11)16(4)13(9)14;2*1-9-10(2)15(3)14-13(9)11-7-5-6-8-12(11)16(14)4;2*1-8-9(2)15-13-12(8)10-6-4-5-7-11(10)14(13)3;1-8-9(2)14(3)13-12(8)10-6-4-5-7-11(10)15-13/h4*5-8H,1-4H3;3*4-7H,1-3H3. The van der Waals surface area contributed by atoms with E-state index >= 15 is 0 Å². The number of aromatic nitrogens is 11. The summed E-state index contributed by atoms with van der Waals surface area (Å²) in [6, 6.07) is 59.4. The molecule has 14 nitrogen and oxygen atoms in total. The number of para-hydroxylation sites is 7. The maximum atomic E-state index is 5.85. The largest absolute Gasteiger partial charge is 0.445 e. The fourth-order valence-electron chi connectivity index (χ4n) is 17.6. The smallest absolute Gasteiger partial charge is 0.208 e. The van der Waals surface area contributed by atoms with Gasteiger partial charge in [0.25, 0.3) is 0 Å². The van der Waals surface area contributed by atoms with Gasteiger partial charge in [0.05, 0.1) is 71.3 Å². The van der Waals surface area contributed by atoms with Crippen molar-refractivity contribution in [2.24, 2.45) is 77.5 Å². The molecule has 14 heteroatoms. The molecule has 0 saturated carbocycles. The predicted octanol–water partition coefficient (Wildman–Crippen LogP) is 23.8. The third kappa shape index (κ3) is 11.1. The highest BCUT2D eigenvalue weighted by molar-refractivity contribution is 6.14. The van der Waals surface area contributed by atoms with E-state index in [0.29, 0.717) is 0 Å². The lowest BCUT2D eigenvalue weighted by atomic mass is 10.1. The van der Waals surface area contributed by atoms with Gasteiger partial charge in [0.15, 0.2) is 0 Å². The summed E-state index contributed by atoms with van der Waals surface area (Å²) >= 11 is 0. The molecule has 14 heterocycles. The second kappa shape index (κ2) is 27.4. The first-order valence-electron chi connectivity index (χ1n) is 37.9. The number of rotatable bonds is 0. The lowest BCUT2D eigenvalue weighted by molar-refractivity contribution is 0.551. The maximum absolute atomic E-state index is 5.85. The monoisotopic (exact) mass is 1450 g/mol. The summed E-state index contributed by atoms with van der Waals surface area (Å²) in [5.41, 5.74) is 35.8. The molecule has 0 aliphatic carbocycles. The highest BCUT2D eigenvalue weighted by Crippen LogP contribution is 2.41. The molecule has 21 rings (SSSR count). The van der Waals surface area contributed by atoms with Gasteiger partial charge in [-0.05, 0) is 167 Å². The Hall–Kier alpha value is -11.9. The lowest BCUT2D eigenvalue weighted by Crippen LogP contribution is -1.97. The maximum Gasteiger partial charge on any atom is 0.208 e. The van der Waals surface area contributed by atoms with Crippen LogP contribution in [0.1, 0.15) is 78.9 Å². The first-order chi connectivity index (χ1) is 52.1. The van der Waals surface area contributed by atoms with Crippen LogP contribution in [0.5, 0.6) is 0 Å². The molecule has 14 aromatic heterocycles. The van der Waals surface area contributed by atoms with Crippen LogP contribution in [0.15, 0.2) is 183 Å². The fourth-order valence-corrected chi connectivity index (χ4v) is 17.6. The average molecular weight is 1450 g/mol. The van der Waals surface area contributed by atoms with E-state index in [1.165, 1.54) is 199 Å². The molecule has 0 N–H and O–H groups in total. The molecule has 0 unspecified atom stereocenters. The molecule has 0 spiro atoms. The van der Waals surface area contributed by atoms with E-state index in [9.17, 15) is 0 Å². The molecule has 0 aliphatic heterocycles. The van der Waals surface area contributed by atoms with E-state index in [4.69, 9.17) is 13.3 Å². The van der Waals surface area contributed by atoms with Gasteiger partial charge in [0.1, 0.15) is 28.4 Å². The Morgan fingerprint density at radius 1 is 0.193 bits per heavy atom. The number of hydrogen-bond acceptors (Lipinski definition) is 3. The molecule has 0 fully saturated rings. The van der Waals surface area contributed by atoms with Gasteiger partial charge in [-0.1, -0.05) is 127 Å². The third-order valence-corrected chi connectivity index (χ3v) is 25.0. The predicted molar refractivity (Wildman–Crippen MR) is 462 cm³/mol. The first-order valence-corrected chi connectivity index (χ1v) is 37.9. The van der Waals surface area contributed by atoms with Gasteiger partial charge in [-0.2, -0.15) is 0 Å². The van der Waals surface area contributed by atoms with Crippen LogP contribution in [0.2, 0.25) is 0 Å². The second-order valence-corrected chi connectivity index (χ2v) is 30.3. The average Bonchev–Trinajstić information content (AvgIpc) is 1.61. The molecule has 556 valence electrons. The Morgan fingerprint density at radius 3 is 0.817 bits per heavy atom. The molecule has 0 saturated heterocycles. The summed E-state index contributed by atoms with van der Waals surface area (Å²) in [5.74, 6) is 2.03. The number of fused-ring (bicyclic) bond motifs is 21. The lowest BCUT2D eigenvalue weighted by Gasteiger charge is -2.03. The van der Waals surface area contributed by atoms with Gasteiger partial charge < -0.3 is 63.5 Å². The zero-order valence-electron chi connectivity index (χ0n) is 68.3. The zero-order chi connectivity index (χ0) is 77.5. The summed E-state index contributed by atoms with van der Waals surface area (Å²) in [5, 5.41) is 15.8. The van der Waals surface area contributed by atoms with Crippen molar-refractivity contribution in [3.05, 3.63) is 249 Å². The van der Waals surface area contributed by atoms with Crippen molar-refractivity contribution in [2.45, 2.75) is 96.9 Å². The molecule has 0 radical (unpaired) electrons. The van der Waals surface area contributed by atoms with Crippen molar-refractivity contribution in [1.29, 1.82) is 0 Å².